The Kier molecular flexibility index (Phi) is 5.90. The third kappa shape index (κ3) is 4.11. The normalized spacial score (nSPS) is 10.5. The SMILES string of the molecule is COc1cc(CCl)cc(Br)c1OCc1cc(Br)ccc1F. The average Bonchev–Trinajstić information content (AvgIpc) is 2.48. The van der Waals surface area contributed by atoms with Crippen molar-refractivity contribution in [1.82, 2.24) is 0 Å². The molecule has 0 spiro atoms. The van der Waals surface area contributed by atoms with Gasteiger partial charge in [0.25, 0.3) is 0 Å². The van der Waals surface area contributed by atoms with Crippen LogP contribution in [0.4, 0.5) is 4.39 Å². The lowest BCUT2D eigenvalue weighted by Gasteiger charge is -2.14. The van der Waals surface area contributed by atoms with Crippen molar-refractivity contribution in [3.63, 3.8) is 0 Å². The number of rotatable bonds is 5. The Bertz CT molecular complexity index is 650. The number of halogens is 4. The summed E-state index contributed by atoms with van der Waals surface area (Å²) in [6.07, 6.45) is 0. The Morgan fingerprint density at radius 1 is 1.19 bits per heavy atom. The van der Waals surface area contributed by atoms with Crippen LogP contribution in [0.25, 0.3) is 0 Å². The van der Waals surface area contributed by atoms with Gasteiger partial charge in [0.2, 0.25) is 0 Å². The molecule has 0 atom stereocenters. The van der Waals surface area contributed by atoms with Crippen molar-refractivity contribution in [1.29, 1.82) is 0 Å². The summed E-state index contributed by atoms with van der Waals surface area (Å²) in [6.45, 7) is 0.0977. The molecule has 21 heavy (non-hydrogen) atoms. The van der Waals surface area contributed by atoms with Crippen LogP contribution in [-0.2, 0) is 12.5 Å². The third-order valence-corrected chi connectivity index (χ3v) is 4.21. The number of hydrogen-bond donors (Lipinski definition) is 0. The van der Waals surface area contributed by atoms with E-state index < -0.39 is 0 Å². The molecule has 6 heteroatoms. The van der Waals surface area contributed by atoms with Crippen molar-refractivity contribution < 1.29 is 13.9 Å². The van der Waals surface area contributed by atoms with E-state index in [0.29, 0.717) is 27.4 Å². The lowest BCUT2D eigenvalue weighted by molar-refractivity contribution is 0.277. The molecule has 0 N–H and O–H groups in total. The Hall–Kier alpha value is -0.780. The molecule has 0 amide bonds. The van der Waals surface area contributed by atoms with Crippen LogP contribution in [0.2, 0.25) is 0 Å². The average molecular weight is 439 g/mol. The summed E-state index contributed by atoms with van der Waals surface area (Å²) in [7, 11) is 1.55. The van der Waals surface area contributed by atoms with Gasteiger partial charge in [0.05, 0.1) is 11.6 Å². The molecule has 0 saturated carbocycles. The first-order chi connectivity index (χ1) is 10.0. The van der Waals surface area contributed by atoms with Crippen LogP contribution >= 0.6 is 43.5 Å². The van der Waals surface area contributed by atoms with E-state index in [9.17, 15) is 4.39 Å². The fourth-order valence-electron chi connectivity index (χ4n) is 1.79. The highest BCUT2D eigenvalue weighted by atomic mass is 79.9. The van der Waals surface area contributed by atoms with E-state index in [1.165, 1.54) is 6.07 Å². The quantitative estimate of drug-likeness (QED) is 0.560. The molecule has 0 radical (unpaired) electrons. The van der Waals surface area contributed by atoms with E-state index in [2.05, 4.69) is 31.9 Å². The second kappa shape index (κ2) is 7.47. The highest BCUT2D eigenvalue weighted by Crippen LogP contribution is 2.37. The van der Waals surface area contributed by atoms with Gasteiger partial charge >= 0.3 is 0 Å². The first-order valence-corrected chi connectivity index (χ1v) is 8.16. The summed E-state index contributed by atoms with van der Waals surface area (Å²) < 4.78 is 26.2. The van der Waals surface area contributed by atoms with Crippen molar-refractivity contribution in [2.45, 2.75) is 12.5 Å². The monoisotopic (exact) mass is 436 g/mol. The van der Waals surface area contributed by atoms with Crippen LogP contribution in [0.5, 0.6) is 11.5 Å². The largest absolute Gasteiger partial charge is 0.493 e. The maximum absolute atomic E-state index is 13.7. The summed E-state index contributed by atoms with van der Waals surface area (Å²) in [5.74, 6) is 1.13. The molecule has 0 unspecified atom stereocenters. The molecule has 0 saturated heterocycles. The van der Waals surface area contributed by atoms with Gasteiger partial charge in [-0.3, -0.25) is 0 Å². The highest BCUT2D eigenvalue weighted by Gasteiger charge is 2.13. The first-order valence-electron chi connectivity index (χ1n) is 6.04. The summed E-state index contributed by atoms with van der Waals surface area (Å²) in [5, 5.41) is 0. The minimum atomic E-state index is -0.314. The Balaban J connectivity index is 2.25. The van der Waals surface area contributed by atoms with Crippen LogP contribution in [0.1, 0.15) is 11.1 Å². The van der Waals surface area contributed by atoms with Crippen LogP contribution < -0.4 is 9.47 Å². The zero-order valence-corrected chi connectivity index (χ0v) is 15.1. The molecule has 0 aliphatic rings. The number of ether oxygens (including phenoxy) is 2. The molecule has 0 aliphatic carbocycles. The zero-order chi connectivity index (χ0) is 15.4. The van der Waals surface area contributed by atoms with Gasteiger partial charge in [0.15, 0.2) is 11.5 Å². The van der Waals surface area contributed by atoms with E-state index in [-0.39, 0.29) is 12.4 Å². The van der Waals surface area contributed by atoms with Crippen molar-refractivity contribution in [2.75, 3.05) is 7.11 Å². The summed E-state index contributed by atoms with van der Waals surface area (Å²) in [4.78, 5) is 0. The van der Waals surface area contributed by atoms with E-state index in [1.807, 2.05) is 6.07 Å². The van der Waals surface area contributed by atoms with E-state index >= 15 is 0 Å². The maximum atomic E-state index is 13.7. The van der Waals surface area contributed by atoms with Gasteiger partial charge in [-0.15, -0.1) is 11.6 Å². The lowest BCUT2D eigenvalue weighted by Crippen LogP contribution is -2.01. The van der Waals surface area contributed by atoms with E-state index in [1.54, 1.807) is 25.3 Å². The molecule has 0 aromatic heterocycles. The Labute approximate surface area is 144 Å². The fourth-order valence-corrected chi connectivity index (χ4v) is 2.96. The number of methoxy groups -OCH3 is 1. The molecule has 112 valence electrons. The first kappa shape index (κ1) is 16.6. The number of hydrogen-bond acceptors (Lipinski definition) is 2. The van der Waals surface area contributed by atoms with Crippen LogP contribution in [0, 0.1) is 5.82 Å². The van der Waals surface area contributed by atoms with Crippen LogP contribution in [-0.4, -0.2) is 7.11 Å². The standard InChI is InChI=1S/C15H12Br2ClFO2/c1-20-14-5-9(7-18)4-12(17)15(14)21-8-10-6-11(16)2-3-13(10)19/h2-6H,7-8H2,1H3. The Morgan fingerprint density at radius 2 is 1.95 bits per heavy atom. The van der Waals surface area contributed by atoms with Gasteiger partial charge in [-0.05, 0) is 51.8 Å². The molecule has 2 rings (SSSR count). The molecule has 0 bridgehead atoms. The van der Waals surface area contributed by atoms with E-state index in [4.69, 9.17) is 21.1 Å². The highest BCUT2D eigenvalue weighted by molar-refractivity contribution is 9.10. The van der Waals surface area contributed by atoms with Crippen LogP contribution in [0.3, 0.4) is 0 Å². The van der Waals surface area contributed by atoms with Gasteiger partial charge in [0, 0.05) is 15.9 Å². The summed E-state index contributed by atoms with van der Waals surface area (Å²) in [6, 6.07) is 8.37. The van der Waals surface area contributed by atoms with Gasteiger partial charge in [-0.2, -0.15) is 0 Å². The summed E-state index contributed by atoms with van der Waals surface area (Å²) in [5.41, 5.74) is 1.36. The van der Waals surface area contributed by atoms with Crippen LogP contribution in [0.15, 0.2) is 39.3 Å². The fraction of sp³-hybridized carbons (Fsp3) is 0.200. The van der Waals surface area contributed by atoms with Gasteiger partial charge in [-0.1, -0.05) is 15.9 Å². The topological polar surface area (TPSA) is 18.5 Å². The predicted octanol–water partition coefficient (Wildman–Crippen LogP) is 5.68. The molecule has 2 aromatic rings. The zero-order valence-electron chi connectivity index (χ0n) is 11.1. The van der Waals surface area contributed by atoms with E-state index in [0.717, 1.165) is 10.0 Å². The summed E-state index contributed by atoms with van der Waals surface area (Å²) >= 11 is 12.6. The third-order valence-electron chi connectivity index (χ3n) is 2.82. The van der Waals surface area contributed by atoms with Crippen molar-refractivity contribution in [3.05, 3.63) is 56.2 Å². The number of alkyl halides is 1. The molecular weight excluding hydrogens is 426 g/mol. The lowest BCUT2D eigenvalue weighted by atomic mass is 10.2. The van der Waals surface area contributed by atoms with Gasteiger partial charge in [0.1, 0.15) is 12.4 Å². The smallest absolute Gasteiger partial charge is 0.175 e. The second-order valence-corrected chi connectivity index (χ2v) is 6.30. The molecule has 2 aromatic carbocycles. The molecule has 0 fully saturated rings. The predicted molar refractivity (Wildman–Crippen MR) is 88.7 cm³/mol. The van der Waals surface area contributed by atoms with Crippen molar-refractivity contribution in [2.24, 2.45) is 0 Å². The minimum Gasteiger partial charge on any atom is -0.493 e. The molecule has 0 heterocycles. The van der Waals surface area contributed by atoms with Gasteiger partial charge < -0.3 is 9.47 Å². The number of benzene rings is 2. The molecular formula is C15H12Br2ClFO2. The molecule has 2 nitrogen and oxygen atoms in total. The van der Waals surface area contributed by atoms with Crippen molar-refractivity contribution in [3.8, 4) is 11.5 Å². The molecule has 0 aliphatic heterocycles. The second-order valence-electron chi connectivity index (χ2n) is 4.27. The maximum Gasteiger partial charge on any atom is 0.175 e. The Morgan fingerprint density at radius 3 is 2.62 bits per heavy atom. The minimum absolute atomic E-state index is 0.0977. The van der Waals surface area contributed by atoms with Crippen molar-refractivity contribution >= 4 is 43.5 Å². The van der Waals surface area contributed by atoms with Gasteiger partial charge in [-0.25, -0.2) is 4.39 Å².